The molecule has 0 bridgehead atoms. The predicted octanol–water partition coefficient (Wildman–Crippen LogP) is 2.45. The van der Waals surface area contributed by atoms with Crippen molar-refractivity contribution >= 4 is 10.0 Å². The number of fused-ring (bicyclic) bond motifs is 1. The first kappa shape index (κ1) is 21.0. The molecule has 5 rings (SSSR count). The number of rotatable bonds is 4. The Balaban J connectivity index is 1.25. The van der Waals surface area contributed by atoms with Gasteiger partial charge in [-0.2, -0.15) is 9.19 Å². The van der Waals surface area contributed by atoms with Crippen LogP contribution in [0.5, 0.6) is 0 Å². The Kier molecular flexibility index (Phi) is 5.36. The van der Waals surface area contributed by atoms with Crippen molar-refractivity contribution in [2.75, 3.05) is 6.61 Å². The lowest BCUT2D eigenvalue weighted by molar-refractivity contribution is -0.0533. The minimum atomic E-state index is -3.44. The lowest BCUT2D eigenvalue weighted by Crippen LogP contribution is -2.47. The van der Waals surface area contributed by atoms with Gasteiger partial charge in [0.2, 0.25) is 0 Å². The average molecular weight is 453 g/mol. The Morgan fingerprint density at radius 1 is 1.16 bits per heavy atom. The quantitative estimate of drug-likeness (QED) is 0.767. The molecule has 1 aliphatic carbocycles. The molecule has 3 unspecified atom stereocenters. The average Bonchev–Trinajstić information content (AvgIpc) is 3.46. The van der Waals surface area contributed by atoms with Crippen LogP contribution < -0.4 is 5.73 Å². The molecule has 0 spiro atoms. The second-order valence-electron chi connectivity index (χ2n) is 8.80. The highest BCUT2D eigenvalue weighted by atomic mass is 32.2. The Hall–Kier alpha value is -1.88. The van der Waals surface area contributed by atoms with Crippen molar-refractivity contribution in [2.24, 2.45) is 5.73 Å². The number of hydrogen-bond acceptors (Lipinski definition) is 6. The molecule has 0 radical (unpaired) electrons. The molecule has 31 heavy (non-hydrogen) atoms. The third kappa shape index (κ3) is 3.79. The van der Waals surface area contributed by atoms with Gasteiger partial charge in [0, 0.05) is 42.5 Å². The maximum absolute atomic E-state index is 14.1. The first-order valence-corrected chi connectivity index (χ1v) is 12.2. The minimum Gasteiger partial charge on any atom is -0.370 e. The molecule has 1 saturated carbocycles. The summed E-state index contributed by atoms with van der Waals surface area (Å²) in [6, 6.07) is 2.82. The Labute approximate surface area is 180 Å². The Morgan fingerprint density at radius 3 is 2.65 bits per heavy atom. The van der Waals surface area contributed by atoms with Gasteiger partial charge in [0.05, 0.1) is 17.6 Å². The van der Waals surface area contributed by atoms with Crippen LogP contribution in [0.3, 0.4) is 0 Å². The van der Waals surface area contributed by atoms with Gasteiger partial charge in [-0.15, -0.1) is 0 Å². The fraction of sp³-hybridized carbons (Fsp3) is 0.571. The third-order valence-electron chi connectivity index (χ3n) is 6.75. The molecule has 2 N–H and O–H groups in total. The normalized spacial score (nSPS) is 27.6. The second kappa shape index (κ2) is 7.91. The lowest BCUT2D eigenvalue weighted by atomic mass is 9.93. The van der Waals surface area contributed by atoms with Crippen LogP contribution in [0.15, 0.2) is 24.4 Å². The highest BCUT2D eigenvalue weighted by Crippen LogP contribution is 2.34. The van der Waals surface area contributed by atoms with Crippen LogP contribution in [-0.4, -0.2) is 46.4 Å². The number of benzene rings is 1. The minimum absolute atomic E-state index is 0.00282. The fourth-order valence-electron chi connectivity index (χ4n) is 5.03. The van der Waals surface area contributed by atoms with Crippen molar-refractivity contribution in [3.63, 3.8) is 0 Å². The highest BCUT2D eigenvalue weighted by molar-refractivity contribution is 7.90. The molecule has 7 nitrogen and oxygen atoms in total. The highest BCUT2D eigenvalue weighted by Gasteiger charge is 2.38. The van der Waals surface area contributed by atoms with Crippen molar-refractivity contribution in [1.82, 2.24) is 14.1 Å². The van der Waals surface area contributed by atoms with Gasteiger partial charge in [0.25, 0.3) is 10.0 Å². The van der Waals surface area contributed by atoms with Gasteiger partial charge in [-0.25, -0.2) is 17.2 Å². The molecule has 3 atom stereocenters. The van der Waals surface area contributed by atoms with Crippen LogP contribution >= 0.6 is 0 Å². The van der Waals surface area contributed by atoms with E-state index in [4.69, 9.17) is 10.5 Å². The Bertz CT molecular complexity index is 1060. The molecule has 168 valence electrons. The first-order valence-electron chi connectivity index (χ1n) is 10.7. The monoisotopic (exact) mass is 452 g/mol. The van der Waals surface area contributed by atoms with Gasteiger partial charge < -0.3 is 10.5 Å². The molecule has 0 amide bonds. The van der Waals surface area contributed by atoms with Gasteiger partial charge in [-0.05, 0) is 37.5 Å². The van der Waals surface area contributed by atoms with E-state index in [1.165, 1.54) is 0 Å². The summed E-state index contributed by atoms with van der Waals surface area (Å²) in [6.45, 7) is 1.41. The van der Waals surface area contributed by atoms with E-state index in [9.17, 15) is 17.2 Å². The summed E-state index contributed by atoms with van der Waals surface area (Å²) in [4.78, 5) is 2.15. The standard InChI is InChI=1S/C21H26F2N4O3S/c22-14-5-6-18(23)17(7-14)21-19(24)8-15(12-30-21)26-9-13-10-27(25-20(13)11-26)31(28,29)16-3-1-2-4-16/h5-7,10,15-16,19,21H,1-4,8-9,11-12,24H2. The maximum atomic E-state index is 14.1. The van der Waals surface area contributed by atoms with Crippen LogP contribution in [0.1, 0.15) is 55.0 Å². The predicted molar refractivity (Wildman–Crippen MR) is 109 cm³/mol. The van der Waals surface area contributed by atoms with Gasteiger partial charge in [-0.3, -0.25) is 4.90 Å². The number of halogens is 2. The van der Waals surface area contributed by atoms with E-state index in [-0.39, 0.29) is 16.9 Å². The lowest BCUT2D eigenvalue weighted by Gasteiger charge is -2.38. The number of aromatic nitrogens is 2. The van der Waals surface area contributed by atoms with Crippen molar-refractivity contribution in [2.45, 2.75) is 68.6 Å². The molecule has 3 heterocycles. The molecule has 2 aromatic rings. The smallest absolute Gasteiger partial charge is 0.256 e. The maximum Gasteiger partial charge on any atom is 0.256 e. The first-order chi connectivity index (χ1) is 14.8. The van der Waals surface area contributed by atoms with Gasteiger partial charge >= 0.3 is 0 Å². The largest absolute Gasteiger partial charge is 0.370 e. The van der Waals surface area contributed by atoms with E-state index in [1.807, 2.05) is 0 Å². The summed E-state index contributed by atoms with van der Waals surface area (Å²) in [6.07, 6.45) is 4.79. The van der Waals surface area contributed by atoms with E-state index in [0.717, 1.165) is 46.4 Å². The van der Waals surface area contributed by atoms with Crippen LogP contribution in [0.25, 0.3) is 0 Å². The van der Waals surface area contributed by atoms with Gasteiger partial charge in [0.1, 0.15) is 17.7 Å². The topological polar surface area (TPSA) is 90.5 Å². The van der Waals surface area contributed by atoms with Crippen molar-refractivity contribution < 1.29 is 21.9 Å². The third-order valence-corrected chi connectivity index (χ3v) is 8.77. The van der Waals surface area contributed by atoms with Crippen LogP contribution in [0, 0.1) is 11.6 Å². The number of ether oxygens (including phenoxy) is 1. The van der Waals surface area contributed by atoms with E-state index < -0.39 is 33.8 Å². The van der Waals surface area contributed by atoms with Crippen molar-refractivity contribution in [3.05, 3.63) is 52.9 Å². The Morgan fingerprint density at radius 2 is 1.94 bits per heavy atom. The zero-order valence-electron chi connectivity index (χ0n) is 17.1. The van der Waals surface area contributed by atoms with Gasteiger partial charge in [0.15, 0.2) is 0 Å². The summed E-state index contributed by atoms with van der Waals surface area (Å²) in [5, 5.41) is 4.04. The van der Waals surface area contributed by atoms with E-state index in [1.54, 1.807) is 6.20 Å². The van der Waals surface area contributed by atoms with Crippen LogP contribution in [0.2, 0.25) is 0 Å². The molecule has 2 fully saturated rings. The molecule has 1 saturated heterocycles. The summed E-state index contributed by atoms with van der Waals surface area (Å²) < 4.78 is 60.3. The van der Waals surface area contributed by atoms with Crippen molar-refractivity contribution in [3.8, 4) is 0 Å². The summed E-state index contributed by atoms with van der Waals surface area (Å²) in [5.41, 5.74) is 8.08. The zero-order valence-corrected chi connectivity index (χ0v) is 17.9. The fourth-order valence-corrected chi connectivity index (χ4v) is 6.75. The molecular weight excluding hydrogens is 426 g/mol. The molecule has 10 heteroatoms. The van der Waals surface area contributed by atoms with E-state index in [2.05, 4.69) is 10.00 Å². The molecule has 2 aliphatic heterocycles. The summed E-state index contributed by atoms with van der Waals surface area (Å²) in [5.74, 6) is -1.05. The summed E-state index contributed by atoms with van der Waals surface area (Å²) >= 11 is 0. The molecule has 1 aromatic carbocycles. The SMILES string of the molecule is NC1CC(N2Cc3cn(S(=O)(=O)C4CCCC4)nc3C2)COC1c1cc(F)ccc1F. The molecule has 1 aromatic heterocycles. The van der Waals surface area contributed by atoms with Crippen LogP contribution in [0.4, 0.5) is 8.78 Å². The van der Waals surface area contributed by atoms with Crippen LogP contribution in [-0.2, 0) is 27.8 Å². The number of nitrogens with zero attached hydrogens (tertiary/aromatic N) is 3. The van der Waals surface area contributed by atoms with Crippen molar-refractivity contribution in [1.29, 1.82) is 0 Å². The van der Waals surface area contributed by atoms with E-state index in [0.29, 0.717) is 39.0 Å². The summed E-state index contributed by atoms with van der Waals surface area (Å²) in [7, 11) is -3.44. The molecule has 3 aliphatic rings. The molecular formula is C21H26F2N4O3S. The second-order valence-corrected chi connectivity index (χ2v) is 10.9. The number of nitrogens with two attached hydrogens (primary N) is 1. The van der Waals surface area contributed by atoms with E-state index >= 15 is 0 Å². The number of hydrogen-bond donors (Lipinski definition) is 1. The zero-order chi connectivity index (χ0) is 21.8. The van der Waals surface area contributed by atoms with Gasteiger partial charge in [-0.1, -0.05) is 12.8 Å².